The number of aliphatic carboxylic acids is 1. The molecule has 0 bridgehead atoms. The van der Waals surface area contributed by atoms with Gasteiger partial charge in [0.2, 0.25) is 5.91 Å². The molecular formula is C12H12F2N2O4. The summed E-state index contributed by atoms with van der Waals surface area (Å²) >= 11 is 0. The summed E-state index contributed by atoms with van der Waals surface area (Å²) in [5.74, 6) is -3.74. The molecule has 0 saturated carbocycles. The number of imide groups is 1. The summed E-state index contributed by atoms with van der Waals surface area (Å²) in [6.45, 7) is 0. The molecule has 0 unspecified atom stereocenters. The van der Waals surface area contributed by atoms with Gasteiger partial charge in [0.25, 0.3) is 0 Å². The molecule has 0 radical (unpaired) electrons. The molecule has 8 heteroatoms. The summed E-state index contributed by atoms with van der Waals surface area (Å²) in [5.41, 5.74) is -0.664. The van der Waals surface area contributed by atoms with Crippen LogP contribution in [0.15, 0.2) is 18.2 Å². The van der Waals surface area contributed by atoms with Gasteiger partial charge in [0.1, 0.15) is 17.3 Å². The molecule has 0 aliphatic rings. The average Bonchev–Trinajstić information content (AvgIpc) is 2.33. The maximum atomic E-state index is 13.2. The fraction of sp³-hybridized carbons (Fsp3) is 0.250. The number of anilines is 1. The van der Waals surface area contributed by atoms with E-state index < -0.39 is 35.2 Å². The minimum Gasteiger partial charge on any atom is -0.481 e. The van der Waals surface area contributed by atoms with Crippen molar-refractivity contribution >= 4 is 23.6 Å². The third-order valence-electron chi connectivity index (χ3n) is 2.25. The Morgan fingerprint density at radius 2 is 1.70 bits per heavy atom. The van der Waals surface area contributed by atoms with Crippen LogP contribution in [-0.4, -0.2) is 23.0 Å². The summed E-state index contributed by atoms with van der Waals surface area (Å²) in [5, 5.41) is 12.1. The van der Waals surface area contributed by atoms with Crippen LogP contribution in [0.1, 0.15) is 19.3 Å². The largest absolute Gasteiger partial charge is 0.481 e. The van der Waals surface area contributed by atoms with Gasteiger partial charge in [-0.05, 0) is 18.6 Å². The highest BCUT2D eigenvalue weighted by Gasteiger charge is 2.13. The number of para-hydroxylation sites is 1. The third kappa shape index (κ3) is 5.01. The summed E-state index contributed by atoms with van der Waals surface area (Å²) in [7, 11) is 0. The van der Waals surface area contributed by atoms with Crippen molar-refractivity contribution in [1.29, 1.82) is 0 Å². The number of carbonyl (C=O) groups excluding carboxylic acids is 2. The van der Waals surface area contributed by atoms with Crippen LogP contribution in [0, 0.1) is 11.6 Å². The molecule has 0 saturated heterocycles. The molecule has 3 N–H and O–H groups in total. The molecule has 1 rings (SSSR count). The van der Waals surface area contributed by atoms with Crippen LogP contribution in [0.5, 0.6) is 0 Å². The number of carboxylic acids is 1. The van der Waals surface area contributed by atoms with E-state index in [1.165, 1.54) is 0 Å². The smallest absolute Gasteiger partial charge is 0.326 e. The van der Waals surface area contributed by atoms with Gasteiger partial charge in [-0.1, -0.05) is 6.07 Å². The number of amides is 3. The zero-order chi connectivity index (χ0) is 15.1. The lowest BCUT2D eigenvalue weighted by molar-refractivity contribution is -0.137. The second kappa shape index (κ2) is 7.17. The van der Waals surface area contributed by atoms with Crippen molar-refractivity contribution < 1.29 is 28.3 Å². The number of benzene rings is 1. The number of urea groups is 1. The molecule has 6 nitrogen and oxygen atoms in total. The van der Waals surface area contributed by atoms with Gasteiger partial charge in [-0.3, -0.25) is 14.9 Å². The van der Waals surface area contributed by atoms with E-state index in [1.807, 2.05) is 10.6 Å². The first kappa shape index (κ1) is 15.5. The van der Waals surface area contributed by atoms with E-state index in [1.54, 1.807) is 0 Å². The Kier molecular flexibility index (Phi) is 5.57. The molecule has 1 aromatic rings. The van der Waals surface area contributed by atoms with Gasteiger partial charge in [-0.2, -0.15) is 0 Å². The zero-order valence-corrected chi connectivity index (χ0v) is 10.3. The van der Waals surface area contributed by atoms with Crippen molar-refractivity contribution in [3.63, 3.8) is 0 Å². The topological polar surface area (TPSA) is 95.5 Å². The van der Waals surface area contributed by atoms with E-state index in [-0.39, 0.29) is 19.3 Å². The van der Waals surface area contributed by atoms with E-state index >= 15 is 0 Å². The maximum Gasteiger partial charge on any atom is 0.326 e. The van der Waals surface area contributed by atoms with Crippen molar-refractivity contribution in [2.45, 2.75) is 19.3 Å². The van der Waals surface area contributed by atoms with Crippen molar-refractivity contribution in [3.8, 4) is 0 Å². The Balaban J connectivity index is 2.47. The lowest BCUT2D eigenvalue weighted by Gasteiger charge is -2.08. The Bertz CT molecular complexity index is 514. The number of hydrogen-bond donors (Lipinski definition) is 3. The van der Waals surface area contributed by atoms with Crippen LogP contribution in [0.2, 0.25) is 0 Å². The van der Waals surface area contributed by atoms with Crippen LogP contribution in [0.4, 0.5) is 19.3 Å². The molecule has 0 atom stereocenters. The lowest BCUT2D eigenvalue weighted by Crippen LogP contribution is -2.34. The normalized spacial score (nSPS) is 9.90. The number of rotatable bonds is 5. The van der Waals surface area contributed by atoms with Crippen LogP contribution in [0.25, 0.3) is 0 Å². The number of carbonyl (C=O) groups is 3. The van der Waals surface area contributed by atoms with E-state index in [2.05, 4.69) is 0 Å². The molecule has 0 heterocycles. The molecule has 20 heavy (non-hydrogen) atoms. The van der Waals surface area contributed by atoms with Crippen LogP contribution < -0.4 is 10.6 Å². The first-order chi connectivity index (χ1) is 9.40. The predicted octanol–water partition coefficient (Wildman–Crippen LogP) is 1.87. The molecule has 108 valence electrons. The number of carboxylic acid groups (broad SMARTS) is 1. The van der Waals surface area contributed by atoms with Crippen molar-refractivity contribution in [2.24, 2.45) is 0 Å². The number of nitrogens with one attached hydrogen (secondary N) is 2. The second-order valence-corrected chi connectivity index (χ2v) is 3.85. The van der Waals surface area contributed by atoms with Crippen LogP contribution >= 0.6 is 0 Å². The van der Waals surface area contributed by atoms with Gasteiger partial charge in [-0.15, -0.1) is 0 Å². The Labute approximate surface area is 112 Å². The Morgan fingerprint density at radius 3 is 2.25 bits per heavy atom. The molecule has 0 fully saturated rings. The second-order valence-electron chi connectivity index (χ2n) is 3.85. The van der Waals surface area contributed by atoms with E-state index in [0.717, 1.165) is 18.2 Å². The van der Waals surface area contributed by atoms with Crippen LogP contribution in [0.3, 0.4) is 0 Å². The number of hydrogen-bond acceptors (Lipinski definition) is 3. The zero-order valence-electron chi connectivity index (χ0n) is 10.3. The highest BCUT2D eigenvalue weighted by atomic mass is 19.1. The Hall–Kier alpha value is -2.51. The quantitative estimate of drug-likeness (QED) is 0.770. The van der Waals surface area contributed by atoms with E-state index in [0.29, 0.717) is 0 Å². The first-order valence-electron chi connectivity index (χ1n) is 5.67. The highest BCUT2D eigenvalue weighted by molar-refractivity contribution is 6.01. The standard InChI is InChI=1S/C12H12F2N2O4/c13-7-3-1-4-8(14)11(7)16-12(20)15-9(17)5-2-6-10(18)19/h1,3-4H,2,5-6H2,(H,18,19)(H2,15,16,17,20). The SMILES string of the molecule is O=C(O)CCCC(=O)NC(=O)Nc1c(F)cccc1F. The highest BCUT2D eigenvalue weighted by Crippen LogP contribution is 2.17. The van der Waals surface area contributed by atoms with E-state index in [9.17, 15) is 23.2 Å². The monoisotopic (exact) mass is 286 g/mol. The van der Waals surface area contributed by atoms with Crippen molar-refractivity contribution in [2.75, 3.05) is 5.32 Å². The number of halogens is 2. The van der Waals surface area contributed by atoms with Crippen molar-refractivity contribution in [3.05, 3.63) is 29.8 Å². The molecule has 0 aliphatic carbocycles. The van der Waals surface area contributed by atoms with E-state index in [4.69, 9.17) is 5.11 Å². The Morgan fingerprint density at radius 1 is 1.10 bits per heavy atom. The summed E-state index contributed by atoms with van der Waals surface area (Å²) < 4.78 is 26.4. The van der Waals surface area contributed by atoms with Gasteiger partial charge < -0.3 is 10.4 Å². The fourth-order valence-corrected chi connectivity index (χ4v) is 1.35. The van der Waals surface area contributed by atoms with Crippen molar-refractivity contribution in [1.82, 2.24) is 5.32 Å². The predicted molar refractivity (Wildman–Crippen MR) is 65.0 cm³/mol. The molecule has 0 aliphatic heterocycles. The van der Waals surface area contributed by atoms with Gasteiger partial charge in [0, 0.05) is 12.8 Å². The molecule has 0 aromatic heterocycles. The van der Waals surface area contributed by atoms with Gasteiger partial charge >= 0.3 is 12.0 Å². The molecule has 0 spiro atoms. The third-order valence-corrected chi connectivity index (χ3v) is 2.25. The first-order valence-corrected chi connectivity index (χ1v) is 5.67. The van der Waals surface area contributed by atoms with Gasteiger partial charge in [-0.25, -0.2) is 13.6 Å². The summed E-state index contributed by atoms with van der Waals surface area (Å²) in [6, 6.07) is 1.94. The van der Waals surface area contributed by atoms with Gasteiger partial charge in [0.05, 0.1) is 0 Å². The van der Waals surface area contributed by atoms with Crippen LogP contribution in [-0.2, 0) is 9.59 Å². The summed E-state index contributed by atoms with van der Waals surface area (Å²) in [4.78, 5) is 32.8. The maximum absolute atomic E-state index is 13.2. The fourth-order valence-electron chi connectivity index (χ4n) is 1.35. The average molecular weight is 286 g/mol. The lowest BCUT2D eigenvalue weighted by atomic mass is 10.2. The molecular weight excluding hydrogens is 274 g/mol. The summed E-state index contributed by atoms with van der Waals surface area (Å²) in [6.07, 6.45) is -0.334. The molecule has 1 aromatic carbocycles. The minimum atomic E-state index is -1.09. The molecule has 3 amide bonds. The van der Waals surface area contributed by atoms with Gasteiger partial charge in [0.15, 0.2) is 0 Å². The minimum absolute atomic E-state index is 0.0580.